The minimum absolute atomic E-state index is 0.0325. The zero-order valence-corrected chi connectivity index (χ0v) is 16.9. The molecule has 0 bridgehead atoms. The van der Waals surface area contributed by atoms with E-state index in [9.17, 15) is 18.0 Å². The molecule has 4 rings (SSSR count). The summed E-state index contributed by atoms with van der Waals surface area (Å²) in [6.07, 6.45) is -2.33. The van der Waals surface area contributed by atoms with Crippen molar-refractivity contribution in [2.75, 3.05) is 16.8 Å². The van der Waals surface area contributed by atoms with E-state index < -0.39 is 18.1 Å². The summed E-state index contributed by atoms with van der Waals surface area (Å²) >= 11 is 1.35. The van der Waals surface area contributed by atoms with Crippen molar-refractivity contribution in [3.8, 4) is 0 Å². The maximum absolute atomic E-state index is 13.3. The van der Waals surface area contributed by atoms with Gasteiger partial charge in [-0.25, -0.2) is 14.5 Å². The Morgan fingerprint density at radius 1 is 1.24 bits per heavy atom. The van der Waals surface area contributed by atoms with Crippen LogP contribution in [0.4, 0.5) is 24.1 Å². The summed E-state index contributed by atoms with van der Waals surface area (Å²) in [6, 6.07) is -0.0707. The van der Waals surface area contributed by atoms with Gasteiger partial charge in [0.05, 0.1) is 11.4 Å². The van der Waals surface area contributed by atoms with Crippen LogP contribution in [0, 0.1) is 20.8 Å². The third-order valence-electron chi connectivity index (χ3n) is 5.05. The highest BCUT2D eigenvalue weighted by atomic mass is 32.1. The van der Waals surface area contributed by atoms with Gasteiger partial charge in [0, 0.05) is 17.6 Å². The van der Waals surface area contributed by atoms with Crippen molar-refractivity contribution < 1.29 is 18.0 Å². The fourth-order valence-electron chi connectivity index (χ4n) is 3.52. The Morgan fingerprint density at radius 2 is 2.00 bits per heavy atom. The molecular formula is C18H19F3N6OS. The van der Waals surface area contributed by atoms with Gasteiger partial charge in [-0.1, -0.05) is 0 Å². The minimum atomic E-state index is -4.33. The molecule has 0 spiro atoms. The summed E-state index contributed by atoms with van der Waals surface area (Å²) in [7, 11) is 0. The highest BCUT2D eigenvalue weighted by Gasteiger charge is 2.46. The highest BCUT2D eigenvalue weighted by Crippen LogP contribution is 2.35. The van der Waals surface area contributed by atoms with Crippen LogP contribution in [0.25, 0.3) is 5.65 Å². The smallest absolute Gasteiger partial charge is 0.344 e. The summed E-state index contributed by atoms with van der Waals surface area (Å²) in [5, 5.41) is 7.47. The van der Waals surface area contributed by atoms with Crippen molar-refractivity contribution in [2.24, 2.45) is 0 Å². The van der Waals surface area contributed by atoms with E-state index in [1.807, 2.05) is 13.8 Å². The molecule has 7 nitrogen and oxygen atoms in total. The Labute approximate surface area is 168 Å². The largest absolute Gasteiger partial charge is 0.408 e. The second-order valence-electron chi connectivity index (χ2n) is 7.02. The van der Waals surface area contributed by atoms with Crippen LogP contribution in [0.15, 0.2) is 12.3 Å². The number of carbonyl (C=O) groups is 1. The maximum atomic E-state index is 13.3. The molecule has 0 radical (unpaired) electrons. The van der Waals surface area contributed by atoms with Gasteiger partial charge in [-0.3, -0.25) is 10.1 Å². The van der Waals surface area contributed by atoms with E-state index in [0.29, 0.717) is 17.2 Å². The first kappa shape index (κ1) is 19.6. The normalized spacial score (nSPS) is 17.3. The van der Waals surface area contributed by atoms with Gasteiger partial charge in [0.25, 0.3) is 5.91 Å². The number of halogens is 3. The van der Waals surface area contributed by atoms with Crippen molar-refractivity contribution in [1.82, 2.24) is 19.6 Å². The van der Waals surface area contributed by atoms with Gasteiger partial charge in [0.1, 0.15) is 17.4 Å². The van der Waals surface area contributed by atoms with Gasteiger partial charge < -0.3 is 4.90 Å². The molecule has 0 aromatic carbocycles. The van der Waals surface area contributed by atoms with Gasteiger partial charge >= 0.3 is 6.18 Å². The van der Waals surface area contributed by atoms with Gasteiger partial charge in [-0.2, -0.15) is 18.3 Å². The highest BCUT2D eigenvalue weighted by molar-refractivity contribution is 7.15. The van der Waals surface area contributed by atoms with Gasteiger partial charge in [0.2, 0.25) is 0 Å². The predicted molar refractivity (Wildman–Crippen MR) is 104 cm³/mol. The zero-order chi connectivity index (χ0) is 20.9. The number of amides is 1. The molecule has 1 aliphatic rings. The molecule has 0 saturated carbocycles. The number of thiazole rings is 1. The molecule has 3 aromatic heterocycles. The van der Waals surface area contributed by atoms with Gasteiger partial charge in [0.15, 0.2) is 10.8 Å². The number of hydrogen-bond acceptors (Lipinski definition) is 6. The minimum Gasteiger partial charge on any atom is -0.344 e. The van der Waals surface area contributed by atoms with Crippen LogP contribution in [0.2, 0.25) is 0 Å². The summed E-state index contributed by atoms with van der Waals surface area (Å²) in [5.41, 5.74) is 1.70. The number of nitrogens with zero attached hydrogens (tertiary/aromatic N) is 5. The molecule has 154 valence electrons. The standard InChI is InChI=1S/C18H19F3N6OS/c1-9-11(3)29-17(22-9)24-16(28)14-10(2)25-27-8-6-13(23-15(14)27)26-7-4-5-12(26)18(19,20)21/h6,8,12H,4-5,7H2,1-3H3,(H,22,24,28)/t12-/m0/s1. The SMILES string of the molecule is Cc1nc(NC(=O)c2c(C)nn3ccc(N4CCC[C@H]4C(F)(F)F)nc23)sc1C. The average Bonchev–Trinajstić information content (AvgIpc) is 3.31. The predicted octanol–water partition coefficient (Wildman–Crippen LogP) is 3.89. The number of nitrogens with one attached hydrogen (secondary N) is 1. The molecule has 3 aromatic rings. The molecule has 0 aliphatic carbocycles. The molecule has 11 heteroatoms. The van der Waals surface area contributed by atoms with E-state index in [1.165, 1.54) is 33.0 Å². The van der Waals surface area contributed by atoms with Crippen LogP contribution in [0.5, 0.6) is 0 Å². The lowest BCUT2D eigenvalue weighted by molar-refractivity contribution is -0.146. The second-order valence-corrected chi connectivity index (χ2v) is 8.23. The average molecular weight is 424 g/mol. The summed E-state index contributed by atoms with van der Waals surface area (Å²) in [4.78, 5) is 23.8. The molecule has 1 N–H and O–H groups in total. The fraction of sp³-hybridized carbons (Fsp3) is 0.444. The lowest BCUT2D eigenvalue weighted by Crippen LogP contribution is -2.41. The second kappa shape index (κ2) is 6.97. The molecule has 1 fully saturated rings. The fourth-order valence-corrected chi connectivity index (χ4v) is 4.33. The number of alkyl halides is 3. The third kappa shape index (κ3) is 3.54. The number of aryl methyl sites for hydroxylation is 3. The van der Waals surface area contributed by atoms with Gasteiger partial charge in [-0.15, -0.1) is 11.3 Å². The van der Waals surface area contributed by atoms with E-state index in [1.54, 1.807) is 6.92 Å². The van der Waals surface area contributed by atoms with Crippen LogP contribution in [-0.4, -0.2) is 44.3 Å². The number of aromatic nitrogens is 4. The van der Waals surface area contributed by atoms with Crippen molar-refractivity contribution in [2.45, 2.75) is 45.8 Å². The first-order valence-electron chi connectivity index (χ1n) is 9.10. The van der Waals surface area contributed by atoms with Crippen LogP contribution in [0.1, 0.15) is 39.5 Å². The van der Waals surface area contributed by atoms with E-state index in [-0.39, 0.29) is 30.0 Å². The van der Waals surface area contributed by atoms with Crippen LogP contribution >= 0.6 is 11.3 Å². The molecule has 29 heavy (non-hydrogen) atoms. The molecule has 1 saturated heterocycles. The summed E-state index contributed by atoms with van der Waals surface area (Å²) in [5.74, 6) is -0.253. The number of hydrogen-bond donors (Lipinski definition) is 1. The third-order valence-corrected chi connectivity index (χ3v) is 6.03. The van der Waals surface area contributed by atoms with E-state index in [2.05, 4.69) is 20.4 Å². The number of fused-ring (bicyclic) bond motifs is 1. The Kier molecular flexibility index (Phi) is 4.72. The van der Waals surface area contributed by atoms with Gasteiger partial charge in [-0.05, 0) is 39.7 Å². The number of anilines is 2. The summed E-state index contributed by atoms with van der Waals surface area (Å²) < 4.78 is 41.4. The van der Waals surface area contributed by atoms with Crippen molar-refractivity contribution in [3.63, 3.8) is 0 Å². The van der Waals surface area contributed by atoms with Crippen molar-refractivity contribution >= 4 is 33.8 Å². The molecule has 1 atom stereocenters. The lowest BCUT2D eigenvalue weighted by atomic mass is 10.2. The Bertz CT molecular complexity index is 1070. The Hall–Kier alpha value is -2.69. The zero-order valence-electron chi connectivity index (χ0n) is 16.0. The Morgan fingerprint density at radius 3 is 2.66 bits per heavy atom. The van der Waals surface area contributed by atoms with Crippen molar-refractivity contribution in [3.05, 3.63) is 34.1 Å². The van der Waals surface area contributed by atoms with Crippen LogP contribution < -0.4 is 10.2 Å². The summed E-state index contributed by atoms with van der Waals surface area (Å²) in [6.45, 7) is 5.68. The molecule has 1 amide bonds. The van der Waals surface area contributed by atoms with Crippen LogP contribution in [0.3, 0.4) is 0 Å². The topological polar surface area (TPSA) is 75.4 Å². The van der Waals surface area contributed by atoms with Crippen LogP contribution in [-0.2, 0) is 0 Å². The Balaban J connectivity index is 1.70. The number of carbonyl (C=O) groups excluding carboxylic acids is 1. The molecule has 0 unspecified atom stereocenters. The molecule has 4 heterocycles. The molecular weight excluding hydrogens is 405 g/mol. The quantitative estimate of drug-likeness (QED) is 0.690. The first-order chi connectivity index (χ1) is 13.6. The monoisotopic (exact) mass is 424 g/mol. The van der Waals surface area contributed by atoms with Crippen molar-refractivity contribution in [1.29, 1.82) is 0 Å². The number of rotatable bonds is 3. The van der Waals surface area contributed by atoms with E-state index in [4.69, 9.17) is 0 Å². The van der Waals surface area contributed by atoms with E-state index in [0.717, 1.165) is 10.6 Å². The maximum Gasteiger partial charge on any atom is 0.408 e. The first-order valence-corrected chi connectivity index (χ1v) is 9.91. The molecule has 1 aliphatic heterocycles. The lowest BCUT2D eigenvalue weighted by Gasteiger charge is -2.27. The van der Waals surface area contributed by atoms with E-state index >= 15 is 0 Å².